The summed E-state index contributed by atoms with van der Waals surface area (Å²) in [6.45, 7) is 4.33. The van der Waals surface area contributed by atoms with Crippen LogP contribution < -0.4 is 10.2 Å². The van der Waals surface area contributed by atoms with Crippen molar-refractivity contribution in [1.82, 2.24) is 15.5 Å². The number of aromatic nitrogens is 2. The summed E-state index contributed by atoms with van der Waals surface area (Å²) < 4.78 is 5.33. The van der Waals surface area contributed by atoms with Crippen LogP contribution in [-0.2, 0) is 11.2 Å². The van der Waals surface area contributed by atoms with Gasteiger partial charge in [0.2, 0.25) is 5.91 Å². The lowest BCUT2D eigenvalue weighted by atomic mass is 9.97. The molecular formula is C24H28N4O2S. The molecule has 3 heterocycles. The first-order valence-corrected chi connectivity index (χ1v) is 11.6. The second kappa shape index (κ2) is 10.5. The zero-order valence-corrected chi connectivity index (χ0v) is 18.6. The smallest absolute Gasteiger partial charge is 0.224 e. The Morgan fingerprint density at radius 1 is 1.19 bits per heavy atom. The Morgan fingerprint density at radius 2 is 2.06 bits per heavy atom. The average Bonchev–Trinajstić information content (AvgIpc) is 3.32. The summed E-state index contributed by atoms with van der Waals surface area (Å²) in [6, 6.07) is 16.3. The van der Waals surface area contributed by atoms with Gasteiger partial charge < -0.3 is 14.6 Å². The van der Waals surface area contributed by atoms with E-state index in [1.165, 1.54) is 5.56 Å². The standard InChI is InChI=1S/C24H28N4O2S/c1-18-8-10-21(11-9-18)31-23-13-12-22(26-27-23)28-15-3-5-19(17-28)24(29)25-14-2-6-20-7-4-16-30-20/h4,7-13,16,19H,2-3,5-6,14-15,17H2,1H3,(H,25,29)/t19-/m1/s1. The molecule has 31 heavy (non-hydrogen) atoms. The van der Waals surface area contributed by atoms with Crippen LogP contribution in [0.15, 0.2) is 69.1 Å². The van der Waals surface area contributed by atoms with Gasteiger partial charge in [-0.15, -0.1) is 10.2 Å². The summed E-state index contributed by atoms with van der Waals surface area (Å²) in [5, 5.41) is 12.8. The zero-order chi connectivity index (χ0) is 21.5. The highest BCUT2D eigenvalue weighted by molar-refractivity contribution is 7.99. The number of carbonyl (C=O) groups excluding carboxylic acids is 1. The molecule has 0 unspecified atom stereocenters. The number of aryl methyl sites for hydroxylation is 2. The predicted octanol–water partition coefficient (Wildman–Crippen LogP) is 4.49. The first kappa shape index (κ1) is 21.4. The molecule has 2 aromatic heterocycles. The second-order valence-electron chi connectivity index (χ2n) is 7.90. The second-order valence-corrected chi connectivity index (χ2v) is 9.00. The van der Waals surface area contributed by atoms with Crippen molar-refractivity contribution in [3.63, 3.8) is 0 Å². The normalized spacial score (nSPS) is 16.3. The quantitative estimate of drug-likeness (QED) is 0.525. The van der Waals surface area contributed by atoms with Gasteiger partial charge in [-0.3, -0.25) is 4.79 Å². The summed E-state index contributed by atoms with van der Waals surface area (Å²) in [4.78, 5) is 15.9. The summed E-state index contributed by atoms with van der Waals surface area (Å²) in [5.74, 6) is 1.91. The first-order chi connectivity index (χ1) is 15.2. The number of nitrogens with zero attached hydrogens (tertiary/aromatic N) is 3. The Kier molecular flexibility index (Phi) is 7.25. The molecule has 1 aromatic carbocycles. The highest BCUT2D eigenvalue weighted by atomic mass is 32.2. The summed E-state index contributed by atoms with van der Waals surface area (Å²) >= 11 is 1.60. The molecule has 3 aromatic rings. The molecule has 0 bridgehead atoms. The summed E-state index contributed by atoms with van der Waals surface area (Å²) in [6.07, 6.45) is 5.29. The highest BCUT2D eigenvalue weighted by Gasteiger charge is 2.26. The molecule has 1 aliphatic rings. The Morgan fingerprint density at radius 3 is 2.81 bits per heavy atom. The van der Waals surface area contributed by atoms with Crippen molar-refractivity contribution in [3.05, 3.63) is 66.1 Å². The van der Waals surface area contributed by atoms with Gasteiger partial charge in [0, 0.05) is 31.0 Å². The Hall–Kier alpha value is -2.80. The van der Waals surface area contributed by atoms with Gasteiger partial charge in [-0.05, 0) is 62.6 Å². The molecule has 6 nitrogen and oxygen atoms in total. The van der Waals surface area contributed by atoms with E-state index in [0.29, 0.717) is 13.1 Å². The molecule has 7 heteroatoms. The monoisotopic (exact) mass is 436 g/mol. The minimum Gasteiger partial charge on any atom is -0.469 e. The van der Waals surface area contributed by atoms with Gasteiger partial charge in [0.1, 0.15) is 10.8 Å². The number of benzene rings is 1. The van der Waals surface area contributed by atoms with Crippen LogP contribution in [0, 0.1) is 12.8 Å². The maximum absolute atomic E-state index is 12.6. The fourth-order valence-corrected chi connectivity index (χ4v) is 4.47. The maximum Gasteiger partial charge on any atom is 0.224 e. The molecule has 162 valence electrons. The number of hydrogen-bond acceptors (Lipinski definition) is 6. The van der Waals surface area contributed by atoms with Gasteiger partial charge >= 0.3 is 0 Å². The molecule has 1 fully saturated rings. The summed E-state index contributed by atoms with van der Waals surface area (Å²) in [7, 11) is 0. The number of nitrogens with one attached hydrogen (secondary N) is 1. The van der Waals surface area contributed by atoms with Crippen LogP contribution >= 0.6 is 11.8 Å². The van der Waals surface area contributed by atoms with Gasteiger partial charge in [-0.2, -0.15) is 0 Å². The molecule has 1 aliphatic heterocycles. The van der Waals surface area contributed by atoms with E-state index in [9.17, 15) is 4.79 Å². The van der Waals surface area contributed by atoms with Crippen molar-refractivity contribution in [2.45, 2.75) is 42.5 Å². The van der Waals surface area contributed by atoms with E-state index in [-0.39, 0.29) is 11.8 Å². The molecule has 1 N–H and O–H groups in total. The van der Waals surface area contributed by atoms with Crippen LogP contribution in [0.2, 0.25) is 0 Å². The number of carbonyl (C=O) groups is 1. The van der Waals surface area contributed by atoms with Gasteiger partial charge in [0.25, 0.3) is 0 Å². The lowest BCUT2D eigenvalue weighted by Gasteiger charge is -2.32. The van der Waals surface area contributed by atoms with E-state index >= 15 is 0 Å². The van der Waals surface area contributed by atoms with E-state index in [4.69, 9.17) is 4.42 Å². The van der Waals surface area contributed by atoms with Gasteiger partial charge in [0.05, 0.1) is 12.2 Å². The van der Waals surface area contributed by atoms with E-state index in [2.05, 4.69) is 51.6 Å². The number of rotatable bonds is 8. The van der Waals surface area contributed by atoms with E-state index < -0.39 is 0 Å². The maximum atomic E-state index is 12.6. The number of piperidine rings is 1. The predicted molar refractivity (Wildman–Crippen MR) is 122 cm³/mol. The van der Waals surface area contributed by atoms with Gasteiger partial charge in [0.15, 0.2) is 5.82 Å². The topological polar surface area (TPSA) is 71.3 Å². The van der Waals surface area contributed by atoms with E-state index in [1.54, 1.807) is 18.0 Å². The third kappa shape index (κ3) is 6.10. The molecule has 4 rings (SSSR count). The highest BCUT2D eigenvalue weighted by Crippen LogP contribution is 2.27. The zero-order valence-electron chi connectivity index (χ0n) is 17.8. The van der Waals surface area contributed by atoms with Crippen LogP contribution in [0.3, 0.4) is 0 Å². The fraction of sp³-hybridized carbons (Fsp3) is 0.375. The van der Waals surface area contributed by atoms with Gasteiger partial charge in [-0.25, -0.2) is 0 Å². The minimum absolute atomic E-state index is 0.0132. The Bertz CT molecular complexity index is 958. The third-order valence-electron chi connectivity index (χ3n) is 5.46. The van der Waals surface area contributed by atoms with Gasteiger partial charge in [-0.1, -0.05) is 29.5 Å². The first-order valence-electron chi connectivity index (χ1n) is 10.8. The Balaban J connectivity index is 1.26. The lowest BCUT2D eigenvalue weighted by Crippen LogP contribution is -2.43. The third-order valence-corrected chi connectivity index (χ3v) is 6.40. The molecule has 0 spiro atoms. The minimum atomic E-state index is -0.0132. The van der Waals surface area contributed by atoms with Crippen LogP contribution in [-0.4, -0.2) is 35.7 Å². The van der Waals surface area contributed by atoms with Crippen molar-refractivity contribution < 1.29 is 9.21 Å². The molecule has 0 radical (unpaired) electrons. The van der Waals surface area contributed by atoms with Crippen LogP contribution in [0.5, 0.6) is 0 Å². The van der Waals surface area contributed by atoms with Crippen molar-refractivity contribution >= 4 is 23.5 Å². The van der Waals surface area contributed by atoms with Crippen LogP contribution in [0.25, 0.3) is 0 Å². The molecule has 1 saturated heterocycles. The number of anilines is 1. The van der Waals surface area contributed by atoms with E-state index in [0.717, 1.165) is 53.7 Å². The SMILES string of the molecule is Cc1ccc(Sc2ccc(N3CCC[C@@H](C(=O)NCCCc4ccco4)C3)nn2)cc1. The van der Waals surface area contributed by atoms with Crippen molar-refractivity contribution in [1.29, 1.82) is 0 Å². The van der Waals surface area contributed by atoms with Crippen molar-refractivity contribution in [3.8, 4) is 0 Å². The molecule has 1 atom stereocenters. The van der Waals surface area contributed by atoms with Crippen molar-refractivity contribution in [2.24, 2.45) is 5.92 Å². The fourth-order valence-electron chi connectivity index (χ4n) is 3.74. The summed E-state index contributed by atoms with van der Waals surface area (Å²) in [5.41, 5.74) is 1.24. The van der Waals surface area contributed by atoms with Crippen LogP contribution in [0.4, 0.5) is 5.82 Å². The van der Waals surface area contributed by atoms with Crippen LogP contribution in [0.1, 0.15) is 30.6 Å². The Labute approximate surface area is 187 Å². The average molecular weight is 437 g/mol. The number of furan rings is 1. The molecule has 1 amide bonds. The van der Waals surface area contributed by atoms with Crippen molar-refractivity contribution in [2.75, 3.05) is 24.5 Å². The lowest BCUT2D eigenvalue weighted by molar-refractivity contribution is -0.125. The van der Waals surface area contributed by atoms with E-state index in [1.807, 2.05) is 24.3 Å². The number of amides is 1. The molecule has 0 aliphatic carbocycles. The number of hydrogen-bond donors (Lipinski definition) is 1. The largest absolute Gasteiger partial charge is 0.469 e. The molecule has 0 saturated carbocycles. The molecular weight excluding hydrogens is 408 g/mol.